The minimum Gasteiger partial charge on any atom is -0.222 e. The highest BCUT2D eigenvalue weighted by atomic mass is 32.2. The second-order valence-corrected chi connectivity index (χ2v) is 6.50. The van der Waals surface area contributed by atoms with E-state index < -0.39 is 20.4 Å². The fraction of sp³-hybridized carbons (Fsp3) is 0.364. The summed E-state index contributed by atoms with van der Waals surface area (Å²) in [4.78, 5) is 0.000417. The SMILES string of the molecule is Cc1cc(F)ccc1S(=O)(=O)C(C)(C)C#N. The van der Waals surface area contributed by atoms with Gasteiger partial charge >= 0.3 is 0 Å². The monoisotopic (exact) mass is 241 g/mol. The Bertz CT molecular complexity index is 556. The van der Waals surface area contributed by atoms with Crippen molar-refractivity contribution in [3.8, 4) is 6.07 Å². The number of halogens is 1. The average molecular weight is 241 g/mol. The van der Waals surface area contributed by atoms with E-state index in [0.717, 1.165) is 12.1 Å². The van der Waals surface area contributed by atoms with E-state index in [9.17, 15) is 12.8 Å². The van der Waals surface area contributed by atoms with Gasteiger partial charge in [-0.1, -0.05) is 0 Å². The van der Waals surface area contributed by atoms with Crippen molar-refractivity contribution < 1.29 is 12.8 Å². The first-order valence-electron chi connectivity index (χ1n) is 4.64. The zero-order valence-electron chi connectivity index (χ0n) is 9.28. The number of rotatable bonds is 2. The number of sulfone groups is 1. The van der Waals surface area contributed by atoms with Crippen LogP contribution in [0.5, 0.6) is 0 Å². The maximum Gasteiger partial charge on any atom is 0.197 e. The van der Waals surface area contributed by atoms with Gasteiger partial charge in [0.2, 0.25) is 0 Å². The van der Waals surface area contributed by atoms with Crippen LogP contribution in [0.15, 0.2) is 23.1 Å². The summed E-state index contributed by atoms with van der Waals surface area (Å²) in [7, 11) is -3.76. The van der Waals surface area contributed by atoms with Crippen LogP contribution in [0.25, 0.3) is 0 Å². The lowest BCUT2D eigenvalue weighted by molar-refractivity contribution is 0.572. The summed E-state index contributed by atoms with van der Waals surface area (Å²) in [5.41, 5.74) is 0.309. The molecule has 86 valence electrons. The molecule has 0 amide bonds. The molecule has 0 radical (unpaired) electrons. The quantitative estimate of drug-likeness (QED) is 0.746. The Balaban J connectivity index is 3.47. The predicted molar refractivity (Wildman–Crippen MR) is 58.0 cm³/mol. The summed E-state index contributed by atoms with van der Waals surface area (Å²) in [6, 6.07) is 5.15. The molecule has 5 heteroatoms. The summed E-state index contributed by atoms with van der Waals surface area (Å²) >= 11 is 0. The molecule has 1 aromatic rings. The Morgan fingerprint density at radius 2 is 1.94 bits per heavy atom. The van der Waals surface area contributed by atoms with Gasteiger partial charge in [-0.15, -0.1) is 0 Å². The molecule has 0 saturated carbocycles. The average Bonchev–Trinajstić information content (AvgIpc) is 2.16. The van der Waals surface area contributed by atoms with Crippen LogP contribution in [0.4, 0.5) is 4.39 Å². The Morgan fingerprint density at radius 3 is 2.38 bits per heavy atom. The summed E-state index contributed by atoms with van der Waals surface area (Å²) in [6.07, 6.45) is 0. The summed E-state index contributed by atoms with van der Waals surface area (Å²) in [5.74, 6) is -0.494. The second-order valence-electron chi connectivity index (χ2n) is 4.04. The second kappa shape index (κ2) is 3.87. The van der Waals surface area contributed by atoms with Crippen molar-refractivity contribution in [3.63, 3.8) is 0 Å². The van der Waals surface area contributed by atoms with E-state index >= 15 is 0 Å². The van der Waals surface area contributed by atoms with Crippen LogP contribution in [0.3, 0.4) is 0 Å². The van der Waals surface area contributed by atoms with Crippen molar-refractivity contribution in [1.29, 1.82) is 5.26 Å². The molecule has 0 aliphatic heterocycles. The van der Waals surface area contributed by atoms with Crippen LogP contribution < -0.4 is 0 Å². The van der Waals surface area contributed by atoms with Gasteiger partial charge in [-0.2, -0.15) is 5.26 Å². The van der Waals surface area contributed by atoms with E-state index in [4.69, 9.17) is 5.26 Å². The molecule has 3 nitrogen and oxygen atoms in total. The van der Waals surface area contributed by atoms with Crippen molar-refractivity contribution in [3.05, 3.63) is 29.6 Å². The predicted octanol–water partition coefficient (Wildman–Crippen LogP) is 2.21. The van der Waals surface area contributed by atoms with Crippen LogP contribution >= 0.6 is 0 Å². The highest BCUT2D eigenvalue weighted by Gasteiger charge is 2.36. The number of nitriles is 1. The molecular weight excluding hydrogens is 229 g/mol. The molecule has 0 saturated heterocycles. The largest absolute Gasteiger partial charge is 0.222 e. The fourth-order valence-corrected chi connectivity index (χ4v) is 2.65. The molecule has 16 heavy (non-hydrogen) atoms. The van der Waals surface area contributed by atoms with Gasteiger partial charge in [0, 0.05) is 0 Å². The van der Waals surface area contributed by atoms with Crippen LogP contribution in [-0.4, -0.2) is 13.2 Å². The molecule has 0 aliphatic carbocycles. The Labute approximate surface area is 94.4 Å². The first-order valence-corrected chi connectivity index (χ1v) is 6.13. The zero-order chi connectivity index (χ0) is 12.6. The zero-order valence-corrected chi connectivity index (χ0v) is 10.1. The standard InChI is InChI=1S/C11H12FNO2S/c1-8-6-9(12)4-5-10(8)16(14,15)11(2,3)7-13/h4-6H,1-3H3. The van der Waals surface area contributed by atoms with Gasteiger partial charge in [-0.05, 0) is 44.5 Å². The van der Waals surface area contributed by atoms with Gasteiger partial charge in [0.25, 0.3) is 0 Å². The van der Waals surface area contributed by atoms with Crippen LogP contribution in [0.1, 0.15) is 19.4 Å². The molecule has 0 spiro atoms. The highest BCUT2D eigenvalue weighted by Crippen LogP contribution is 2.27. The van der Waals surface area contributed by atoms with Crippen LogP contribution in [0.2, 0.25) is 0 Å². The minimum absolute atomic E-state index is 0.000417. The maximum absolute atomic E-state index is 12.9. The molecule has 0 atom stereocenters. The third-order valence-corrected chi connectivity index (χ3v) is 4.84. The molecule has 0 aromatic heterocycles. The van der Waals surface area contributed by atoms with Gasteiger partial charge < -0.3 is 0 Å². The number of aryl methyl sites for hydroxylation is 1. The summed E-state index contributed by atoms with van der Waals surface area (Å²) in [6.45, 7) is 4.15. The van der Waals surface area contributed by atoms with E-state index in [1.54, 1.807) is 6.07 Å². The van der Waals surface area contributed by atoms with Crippen molar-refractivity contribution in [2.24, 2.45) is 0 Å². The molecule has 1 rings (SSSR count). The van der Waals surface area contributed by atoms with Gasteiger partial charge in [0.05, 0.1) is 11.0 Å². The topological polar surface area (TPSA) is 57.9 Å². The first kappa shape index (κ1) is 12.7. The van der Waals surface area contributed by atoms with Gasteiger partial charge in [-0.25, -0.2) is 12.8 Å². The lowest BCUT2D eigenvalue weighted by Gasteiger charge is -2.17. The van der Waals surface area contributed by atoms with E-state index in [1.165, 1.54) is 26.8 Å². The fourth-order valence-electron chi connectivity index (χ4n) is 1.25. The van der Waals surface area contributed by atoms with E-state index in [0.29, 0.717) is 5.56 Å². The highest BCUT2D eigenvalue weighted by molar-refractivity contribution is 7.93. The number of nitrogens with zero attached hydrogens (tertiary/aromatic N) is 1. The Kier molecular flexibility index (Phi) is 3.06. The van der Waals surface area contributed by atoms with Crippen LogP contribution in [0, 0.1) is 24.1 Å². The molecular formula is C11H12FNO2S. The minimum atomic E-state index is -3.76. The molecule has 0 aliphatic rings. The molecule has 0 unspecified atom stereocenters. The third kappa shape index (κ3) is 1.93. The number of hydrogen-bond acceptors (Lipinski definition) is 3. The van der Waals surface area contributed by atoms with Crippen molar-refractivity contribution in [2.45, 2.75) is 30.4 Å². The maximum atomic E-state index is 12.9. The first-order chi connectivity index (χ1) is 7.22. The van der Waals surface area contributed by atoms with Crippen molar-refractivity contribution in [1.82, 2.24) is 0 Å². The number of hydrogen-bond donors (Lipinski definition) is 0. The normalized spacial score (nSPS) is 12.2. The van der Waals surface area contributed by atoms with Gasteiger partial charge in [-0.3, -0.25) is 0 Å². The Morgan fingerprint density at radius 1 is 1.38 bits per heavy atom. The molecule has 0 heterocycles. The molecule has 0 N–H and O–H groups in total. The molecule has 0 fully saturated rings. The van der Waals surface area contributed by atoms with Gasteiger partial charge in [0.1, 0.15) is 5.82 Å². The van der Waals surface area contributed by atoms with Crippen LogP contribution in [-0.2, 0) is 9.84 Å². The van der Waals surface area contributed by atoms with Crippen molar-refractivity contribution >= 4 is 9.84 Å². The number of benzene rings is 1. The summed E-state index contributed by atoms with van der Waals surface area (Å²) in [5, 5.41) is 8.83. The van der Waals surface area contributed by atoms with Gasteiger partial charge in [0.15, 0.2) is 14.6 Å². The lowest BCUT2D eigenvalue weighted by Crippen LogP contribution is -2.30. The third-order valence-electron chi connectivity index (χ3n) is 2.37. The summed E-state index contributed by atoms with van der Waals surface area (Å²) < 4.78 is 35.5. The van der Waals surface area contributed by atoms with E-state index in [-0.39, 0.29) is 4.90 Å². The smallest absolute Gasteiger partial charge is 0.197 e. The van der Waals surface area contributed by atoms with E-state index in [2.05, 4.69) is 0 Å². The molecule has 0 bridgehead atoms. The van der Waals surface area contributed by atoms with Crippen molar-refractivity contribution in [2.75, 3.05) is 0 Å². The Hall–Kier alpha value is -1.41. The van der Waals surface area contributed by atoms with E-state index in [1.807, 2.05) is 0 Å². The lowest BCUT2D eigenvalue weighted by atomic mass is 10.2. The molecule has 1 aromatic carbocycles.